The molecule has 6 nitrogen and oxygen atoms in total. The SMILES string of the molecule is CCCCCNC(=O)[C@@H]1CCCN(C2=NS(=O)(=O)c3ccccc32)C1. The number of nitrogens with one attached hydrogen (secondary N) is 1. The molecule has 3 rings (SSSR count). The number of hydrogen-bond donors (Lipinski definition) is 1. The number of amidine groups is 1. The number of unbranched alkanes of at least 4 members (excludes halogenated alkanes) is 2. The van der Waals surface area contributed by atoms with Crippen LogP contribution in [0, 0.1) is 5.92 Å². The van der Waals surface area contributed by atoms with Crippen molar-refractivity contribution in [3.8, 4) is 0 Å². The van der Waals surface area contributed by atoms with Crippen molar-refractivity contribution in [2.45, 2.75) is 43.9 Å². The molecule has 0 bridgehead atoms. The average Bonchev–Trinajstić information content (AvgIpc) is 2.90. The molecule has 0 aliphatic carbocycles. The van der Waals surface area contributed by atoms with Gasteiger partial charge in [-0.05, 0) is 31.4 Å². The van der Waals surface area contributed by atoms with Crippen molar-refractivity contribution in [2.75, 3.05) is 19.6 Å². The van der Waals surface area contributed by atoms with Crippen LogP contribution in [0.3, 0.4) is 0 Å². The number of nitrogens with zero attached hydrogens (tertiary/aromatic N) is 2. The van der Waals surface area contributed by atoms with Crippen molar-refractivity contribution in [3.05, 3.63) is 29.8 Å². The Morgan fingerprint density at radius 2 is 2.12 bits per heavy atom. The van der Waals surface area contributed by atoms with Gasteiger partial charge in [-0.15, -0.1) is 4.40 Å². The molecule has 0 aromatic heterocycles. The van der Waals surface area contributed by atoms with E-state index in [-0.39, 0.29) is 16.7 Å². The molecular weight excluding hydrogens is 338 g/mol. The van der Waals surface area contributed by atoms with E-state index in [1.165, 1.54) is 0 Å². The Balaban J connectivity index is 1.69. The Bertz CT molecular complexity index is 774. The van der Waals surface area contributed by atoms with E-state index in [0.717, 1.165) is 38.6 Å². The predicted molar refractivity (Wildman–Crippen MR) is 97.0 cm³/mol. The van der Waals surface area contributed by atoms with Gasteiger partial charge in [0.05, 0.1) is 5.92 Å². The normalized spacial score (nSPS) is 21.6. The van der Waals surface area contributed by atoms with E-state index in [1.807, 2.05) is 11.0 Å². The Labute approximate surface area is 149 Å². The van der Waals surface area contributed by atoms with E-state index >= 15 is 0 Å². The molecule has 0 saturated carbocycles. The Morgan fingerprint density at radius 3 is 2.92 bits per heavy atom. The molecule has 1 atom stereocenters. The zero-order chi connectivity index (χ0) is 17.9. The second-order valence-corrected chi connectivity index (χ2v) is 8.24. The molecule has 2 aliphatic rings. The van der Waals surface area contributed by atoms with Gasteiger partial charge in [0, 0.05) is 25.2 Å². The third-order valence-corrected chi connectivity index (χ3v) is 6.11. The molecule has 1 aromatic rings. The number of benzene rings is 1. The van der Waals surface area contributed by atoms with E-state index in [0.29, 0.717) is 24.5 Å². The summed E-state index contributed by atoms with van der Waals surface area (Å²) >= 11 is 0. The van der Waals surface area contributed by atoms with Crippen LogP contribution in [-0.2, 0) is 14.8 Å². The van der Waals surface area contributed by atoms with Crippen molar-refractivity contribution in [1.82, 2.24) is 10.2 Å². The first kappa shape index (κ1) is 17.9. The van der Waals surface area contributed by atoms with Crippen LogP contribution in [0.2, 0.25) is 0 Å². The van der Waals surface area contributed by atoms with Crippen molar-refractivity contribution < 1.29 is 13.2 Å². The van der Waals surface area contributed by atoms with Crippen molar-refractivity contribution in [3.63, 3.8) is 0 Å². The highest BCUT2D eigenvalue weighted by Crippen LogP contribution is 2.29. The van der Waals surface area contributed by atoms with Crippen molar-refractivity contribution in [1.29, 1.82) is 0 Å². The second-order valence-electron chi connectivity index (χ2n) is 6.67. The standard InChI is InChI=1S/C18H25N3O3S/c1-2-3-6-11-19-18(22)14-8-7-12-21(13-14)17-15-9-4-5-10-16(15)25(23,24)20-17/h4-5,9-10,14H,2-3,6-8,11-13H2,1H3,(H,19,22)/t14-/m1/s1. The Kier molecular flexibility index (Phi) is 5.42. The molecule has 1 aromatic carbocycles. The fourth-order valence-corrected chi connectivity index (χ4v) is 4.66. The van der Waals surface area contributed by atoms with Gasteiger partial charge in [0.1, 0.15) is 4.90 Å². The lowest BCUT2D eigenvalue weighted by atomic mass is 9.96. The molecule has 1 N–H and O–H groups in total. The fraction of sp³-hybridized carbons (Fsp3) is 0.556. The van der Waals surface area contributed by atoms with E-state index < -0.39 is 10.0 Å². The number of sulfonamides is 1. The van der Waals surface area contributed by atoms with Gasteiger partial charge >= 0.3 is 0 Å². The van der Waals surface area contributed by atoms with Crippen LogP contribution in [0.1, 0.15) is 44.6 Å². The number of hydrogen-bond acceptors (Lipinski definition) is 4. The zero-order valence-corrected chi connectivity index (χ0v) is 15.4. The summed E-state index contributed by atoms with van der Waals surface area (Å²) < 4.78 is 28.4. The summed E-state index contributed by atoms with van der Waals surface area (Å²) in [5, 5.41) is 3.01. The third-order valence-electron chi connectivity index (χ3n) is 4.78. The monoisotopic (exact) mass is 363 g/mol. The van der Waals surface area contributed by atoms with Gasteiger partial charge < -0.3 is 10.2 Å². The van der Waals surface area contributed by atoms with E-state index in [4.69, 9.17) is 0 Å². The maximum atomic E-state index is 12.4. The highest BCUT2D eigenvalue weighted by atomic mass is 32.2. The highest BCUT2D eigenvalue weighted by molar-refractivity contribution is 7.90. The van der Waals surface area contributed by atoms with Crippen molar-refractivity contribution in [2.24, 2.45) is 10.3 Å². The van der Waals surface area contributed by atoms with Crippen LogP contribution in [0.15, 0.2) is 33.6 Å². The second kappa shape index (κ2) is 7.56. The number of carbonyl (C=O) groups excluding carboxylic acids is 1. The number of fused-ring (bicyclic) bond motifs is 1. The van der Waals surface area contributed by atoms with Gasteiger partial charge in [0.2, 0.25) is 5.91 Å². The fourth-order valence-electron chi connectivity index (χ4n) is 3.43. The number of amides is 1. The maximum Gasteiger partial charge on any atom is 0.285 e. The summed E-state index contributed by atoms with van der Waals surface area (Å²) in [6.45, 7) is 4.08. The first-order chi connectivity index (χ1) is 12.0. The summed E-state index contributed by atoms with van der Waals surface area (Å²) in [5.74, 6) is 0.433. The lowest BCUT2D eigenvalue weighted by molar-refractivity contribution is -0.126. The summed E-state index contributed by atoms with van der Waals surface area (Å²) in [5.41, 5.74) is 0.645. The first-order valence-corrected chi connectivity index (χ1v) is 10.4. The maximum absolute atomic E-state index is 12.4. The molecule has 2 heterocycles. The smallest absolute Gasteiger partial charge is 0.285 e. The predicted octanol–water partition coefficient (Wildman–Crippen LogP) is 2.15. The molecule has 1 fully saturated rings. The average molecular weight is 363 g/mol. The highest BCUT2D eigenvalue weighted by Gasteiger charge is 2.35. The van der Waals surface area contributed by atoms with Crippen LogP contribution in [-0.4, -0.2) is 44.7 Å². The van der Waals surface area contributed by atoms with Crippen LogP contribution < -0.4 is 5.32 Å². The molecule has 2 aliphatic heterocycles. The molecule has 136 valence electrons. The Hall–Kier alpha value is -1.89. The van der Waals surface area contributed by atoms with Crippen LogP contribution in [0.4, 0.5) is 0 Å². The summed E-state index contributed by atoms with van der Waals surface area (Å²) in [6.07, 6.45) is 4.92. The number of rotatable bonds is 5. The van der Waals surface area contributed by atoms with Crippen LogP contribution in [0.5, 0.6) is 0 Å². The molecule has 7 heteroatoms. The van der Waals surface area contributed by atoms with Gasteiger partial charge in [-0.3, -0.25) is 4.79 Å². The van der Waals surface area contributed by atoms with Crippen LogP contribution in [0.25, 0.3) is 0 Å². The lowest BCUT2D eigenvalue weighted by Gasteiger charge is -2.33. The van der Waals surface area contributed by atoms with Gasteiger partial charge in [0.25, 0.3) is 10.0 Å². The molecule has 25 heavy (non-hydrogen) atoms. The third kappa shape index (κ3) is 3.86. The van der Waals surface area contributed by atoms with Gasteiger partial charge in [-0.1, -0.05) is 31.9 Å². The molecule has 0 spiro atoms. The molecule has 1 amide bonds. The molecule has 0 unspecified atom stereocenters. The number of piperidine rings is 1. The largest absolute Gasteiger partial charge is 0.356 e. The summed E-state index contributed by atoms with van der Waals surface area (Å²) in [6, 6.07) is 6.89. The quantitative estimate of drug-likeness (QED) is 0.813. The van der Waals surface area contributed by atoms with Crippen molar-refractivity contribution >= 4 is 21.8 Å². The number of carbonyl (C=O) groups is 1. The summed E-state index contributed by atoms with van der Waals surface area (Å²) in [4.78, 5) is 14.6. The minimum absolute atomic E-state index is 0.0653. The van der Waals surface area contributed by atoms with Crippen LogP contribution >= 0.6 is 0 Å². The molecule has 0 radical (unpaired) electrons. The topological polar surface area (TPSA) is 78.8 Å². The lowest BCUT2D eigenvalue weighted by Crippen LogP contribution is -2.45. The van der Waals surface area contributed by atoms with Gasteiger partial charge in [-0.2, -0.15) is 8.42 Å². The molecule has 1 saturated heterocycles. The first-order valence-electron chi connectivity index (χ1n) is 9.00. The minimum atomic E-state index is -3.62. The number of likely N-dealkylation sites (tertiary alicyclic amines) is 1. The minimum Gasteiger partial charge on any atom is -0.356 e. The van der Waals surface area contributed by atoms with Gasteiger partial charge in [-0.25, -0.2) is 0 Å². The van der Waals surface area contributed by atoms with E-state index in [9.17, 15) is 13.2 Å². The van der Waals surface area contributed by atoms with Gasteiger partial charge in [0.15, 0.2) is 5.84 Å². The molecular formula is C18H25N3O3S. The zero-order valence-electron chi connectivity index (χ0n) is 14.6. The Morgan fingerprint density at radius 1 is 1.32 bits per heavy atom. The summed E-state index contributed by atoms with van der Waals surface area (Å²) in [7, 11) is -3.62. The van der Waals surface area contributed by atoms with E-state index in [2.05, 4.69) is 16.6 Å². The van der Waals surface area contributed by atoms with E-state index in [1.54, 1.807) is 18.2 Å².